The summed E-state index contributed by atoms with van der Waals surface area (Å²) in [5.74, 6) is -0.896. The van der Waals surface area contributed by atoms with Crippen molar-refractivity contribution in [2.45, 2.75) is 45.3 Å². The molecule has 8 unspecified atom stereocenters. The number of fused-ring (bicyclic) bond motifs is 4. The van der Waals surface area contributed by atoms with E-state index in [1.165, 1.54) is 0 Å². The van der Waals surface area contributed by atoms with E-state index in [0.29, 0.717) is 12.8 Å². The summed E-state index contributed by atoms with van der Waals surface area (Å²) in [5.41, 5.74) is 0.0880. The molecule has 0 N–H and O–H groups in total. The van der Waals surface area contributed by atoms with Gasteiger partial charge in [-0.1, -0.05) is 25.5 Å². The highest BCUT2D eigenvalue weighted by Crippen LogP contribution is 2.64. The van der Waals surface area contributed by atoms with Crippen molar-refractivity contribution in [3.05, 3.63) is 11.6 Å². The Morgan fingerprint density at radius 3 is 2.78 bits per heavy atom. The summed E-state index contributed by atoms with van der Waals surface area (Å²) in [6.45, 7) is 4.63. The Bertz CT molecular complexity index is 771. The molecule has 0 spiro atoms. The Kier molecular flexibility index (Phi) is 3.58. The Morgan fingerprint density at radius 2 is 2.04 bits per heavy atom. The number of esters is 1. The van der Waals surface area contributed by atoms with Gasteiger partial charge in [-0.25, -0.2) is 0 Å². The van der Waals surface area contributed by atoms with Crippen molar-refractivity contribution in [3.8, 4) is 0 Å². The van der Waals surface area contributed by atoms with Crippen molar-refractivity contribution in [2.24, 2.45) is 34.5 Å². The predicted octanol–water partition coefficient (Wildman–Crippen LogP) is 1.71. The topological polar surface area (TPSA) is 78.9 Å². The van der Waals surface area contributed by atoms with Crippen LogP contribution in [0, 0.1) is 34.5 Å². The van der Waals surface area contributed by atoms with Gasteiger partial charge < -0.3 is 14.2 Å². The second-order valence-electron chi connectivity index (χ2n) is 9.28. The summed E-state index contributed by atoms with van der Waals surface area (Å²) >= 11 is 0. The van der Waals surface area contributed by atoms with Crippen molar-refractivity contribution in [2.75, 3.05) is 20.3 Å². The number of hydrogen-bond acceptors (Lipinski definition) is 6. The van der Waals surface area contributed by atoms with E-state index in [2.05, 4.69) is 13.0 Å². The average Bonchev–Trinajstić information content (AvgIpc) is 3.21. The lowest BCUT2D eigenvalue weighted by Crippen LogP contribution is -2.64. The molecule has 146 valence electrons. The number of rotatable bonds is 2. The molecule has 27 heavy (non-hydrogen) atoms. The molecule has 6 heteroatoms. The minimum Gasteiger partial charge on any atom is -0.459 e. The van der Waals surface area contributed by atoms with Gasteiger partial charge in [0.05, 0.1) is 19.1 Å². The molecule has 8 atom stereocenters. The van der Waals surface area contributed by atoms with Crippen molar-refractivity contribution in [3.63, 3.8) is 0 Å². The highest BCUT2D eigenvalue weighted by Gasteiger charge is 2.70. The van der Waals surface area contributed by atoms with Crippen molar-refractivity contribution >= 4 is 17.5 Å². The van der Waals surface area contributed by atoms with Gasteiger partial charge in [0.25, 0.3) is 0 Å². The van der Waals surface area contributed by atoms with E-state index >= 15 is 0 Å². The van der Waals surface area contributed by atoms with Crippen LogP contribution in [0.3, 0.4) is 0 Å². The number of cyclic esters (lactones) is 1. The molecular weight excluding hydrogens is 348 g/mol. The number of carbonyl (C=O) groups excluding carboxylic acids is 3. The van der Waals surface area contributed by atoms with Crippen LogP contribution in [0.15, 0.2) is 11.6 Å². The van der Waals surface area contributed by atoms with Crippen LogP contribution in [-0.4, -0.2) is 50.1 Å². The molecule has 2 saturated carbocycles. The molecule has 0 aromatic rings. The van der Waals surface area contributed by atoms with E-state index < -0.39 is 29.0 Å². The number of methoxy groups -OCH3 is 1. The van der Waals surface area contributed by atoms with Gasteiger partial charge in [0.2, 0.25) is 0 Å². The van der Waals surface area contributed by atoms with E-state index in [-0.39, 0.29) is 48.5 Å². The third-order valence-corrected chi connectivity index (χ3v) is 8.29. The number of allylic oxidation sites excluding steroid dienone is 1. The first-order valence-corrected chi connectivity index (χ1v) is 9.92. The summed E-state index contributed by atoms with van der Waals surface area (Å²) in [6, 6.07) is 0. The Morgan fingerprint density at radius 1 is 1.26 bits per heavy atom. The standard InChI is InChI=1S/C21H26O6/c1-20-7-6-12-15(11(20)4-5-13(20)22)17(23)18-16-10(8-26-18)19(24)27-14(9-25-3)21(12,16)2/h6,10-11,14-16,18H,4-5,7-9H2,1-3H3. The number of ketones is 2. The zero-order valence-electron chi connectivity index (χ0n) is 16.0. The maximum Gasteiger partial charge on any atom is 0.312 e. The fourth-order valence-electron chi connectivity index (χ4n) is 6.78. The molecule has 5 rings (SSSR count). The molecule has 4 fully saturated rings. The van der Waals surface area contributed by atoms with Crippen molar-refractivity contribution in [1.29, 1.82) is 0 Å². The molecule has 3 aliphatic carbocycles. The highest BCUT2D eigenvalue weighted by molar-refractivity contribution is 5.96. The maximum absolute atomic E-state index is 13.5. The Hall–Kier alpha value is -1.53. The molecule has 0 bridgehead atoms. The Labute approximate surface area is 158 Å². The molecule has 0 radical (unpaired) electrons. The lowest BCUT2D eigenvalue weighted by atomic mass is 9.48. The van der Waals surface area contributed by atoms with Gasteiger partial charge >= 0.3 is 5.97 Å². The van der Waals surface area contributed by atoms with Gasteiger partial charge in [-0.05, 0) is 18.8 Å². The Balaban J connectivity index is 1.67. The first-order valence-electron chi connectivity index (χ1n) is 9.92. The number of hydrogen-bond donors (Lipinski definition) is 0. The number of Topliss-reactive ketones (excluding diaryl/α,β-unsaturated/α-hetero) is 2. The summed E-state index contributed by atoms with van der Waals surface area (Å²) < 4.78 is 17.1. The van der Waals surface area contributed by atoms with Gasteiger partial charge in [0.1, 0.15) is 18.0 Å². The van der Waals surface area contributed by atoms with Crippen LogP contribution in [0.1, 0.15) is 33.1 Å². The second-order valence-corrected chi connectivity index (χ2v) is 9.28. The summed E-state index contributed by atoms with van der Waals surface area (Å²) in [7, 11) is 1.60. The van der Waals surface area contributed by atoms with Crippen LogP contribution in [0.5, 0.6) is 0 Å². The number of ether oxygens (including phenoxy) is 3. The minimum atomic E-state index is -0.590. The van der Waals surface area contributed by atoms with Crippen LogP contribution in [0.25, 0.3) is 0 Å². The second kappa shape index (κ2) is 5.51. The molecule has 5 aliphatic rings. The first kappa shape index (κ1) is 17.6. The van der Waals surface area contributed by atoms with Crippen molar-refractivity contribution in [1.82, 2.24) is 0 Å². The summed E-state index contributed by atoms with van der Waals surface area (Å²) in [6.07, 6.45) is 3.01. The average molecular weight is 374 g/mol. The molecule has 0 aromatic carbocycles. The molecule has 0 aromatic heterocycles. The third kappa shape index (κ3) is 1.96. The van der Waals surface area contributed by atoms with Gasteiger partial charge in [0.15, 0.2) is 5.78 Å². The maximum atomic E-state index is 13.5. The fourth-order valence-corrected chi connectivity index (χ4v) is 6.78. The zero-order chi connectivity index (χ0) is 19.1. The molecule has 2 saturated heterocycles. The largest absolute Gasteiger partial charge is 0.459 e. The lowest BCUT2D eigenvalue weighted by Gasteiger charge is -2.57. The van der Waals surface area contributed by atoms with Crippen LogP contribution in [0.4, 0.5) is 0 Å². The van der Waals surface area contributed by atoms with E-state index in [9.17, 15) is 14.4 Å². The van der Waals surface area contributed by atoms with Gasteiger partial charge in [0, 0.05) is 36.2 Å². The third-order valence-electron chi connectivity index (χ3n) is 8.29. The van der Waals surface area contributed by atoms with Crippen LogP contribution in [0.2, 0.25) is 0 Å². The van der Waals surface area contributed by atoms with Gasteiger partial charge in [-0.15, -0.1) is 0 Å². The molecule has 0 amide bonds. The van der Waals surface area contributed by atoms with E-state index in [1.54, 1.807) is 7.11 Å². The lowest BCUT2D eigenvalue weighted by molar-refractivity contribution is -0.190. The highest BCUT2D eigenvalue weighted by atomic mass is 16.6. The van der Waals surface area contributed by atoms with E-state index in [1.807, 2.05) is 6.92 Å². The zero-order valence-corrected chi connectivity index (χ0v) is 16.0. The van der Waals surface area contributed by atoms with E-state index in [4.69, 9.17) is 14.2 Å². The fraction of sp³-hybridized carbons (Fsp3) is 0.762. The van der Waals surface area contributed by atoms with Crippen molar-refractivity contribution < 1.29 is 28.6 Å². The molecule has 6 nitrogen and oxygen atoms in total. The SMILES string of the molecule is COCC1OC(=O)C2COC3C(=O)C4C(=CCC5(C)C(=O)CCC45)C1(C)C23. The normalized spacial score (nSPS) is 50.6. The van der Waals surface area contributed by atoms with Gasteiger partial charge in [-0.2, -0.15) is 0 Å². The predicted molar refractivity (Wildman–Crippen MR) is 93.6 cm³/mol. The quantitative estimate of drug-likeness (QED) is 0.541. The first-order chi connectivity index (χ1) is 12.8. The monoisotopic (exact) mass is 374 g/mol. The van der Waals surface area contributed by atoms with Gasteiger partial charge in [-0.3, -0.25) is 14.4 Å². The minimum absolute atomic E-state index is 0.0127. The van der Waals surface area contributed by atoms with Crippen LogP contribution < -0.4 is 0 Å². The molecule has 2 heterocycles. The smallest absolute Gasteiger partial charge is 0.312 e. The summed E-state index contributed by atoms with van der Waals surface area (Å²) in [5, 5.41) is 0. The van der Waals surface area contributed by atoms with Crippen LogP contribution >= 0.6 is 0 Å². The van der Waals surface area contributed by atoms with E-state index in [0.717, 1.165) is 12.0 Å². The van der Waals surface area contributed by atoms with Crippen LogP contribution in [-0.2, 0) is 28.6 Å². The molecule has 2 aliphatic heterocycles. The molecular formula is C21H26O6. The number of carbonyl (C=O) groups is 3. The summed E-state index contributed by atoms with van der Waals surface area (Å²) in [4.78, 5) is 38.6.